The number of rotatable bonds is 6. The molecule has 0 radical (unpaired) electrons. The van der Waals surface area contributed by atoms with Crippen molar-refractivity contribution in [3.05, 3.63) is 59.9 Å². The highest BCUT2D eigenvalue weighted by atomic mass is 16.5. The van der Waals surface area contributed by atoms with Crippen LogP contribution in [0.4, 0.5) is 4.79 Å². The van der Waals surface area contributed by atoms with Crippen LogP contribution in [0, 0.1) is 11.3 Å². The highest BCUT2D eigenvalue weighted by Crippen LogP contribution is 2.34. The Balaban J connectivity index is 1.65. The molecule has 0 aliphatic carbocycles. The summed E-state index contributed by atoms with van der Waals surface area (Å²) < 4.78 is 5.78. The summed E-state index contributed by atoms with van der Waals surface area (Å²) in [4.78, 5) is 41.1. The highest BCUT2D eigenvalue weighted by molar-refractivity contribution is 6.03. The van der Waals surface area contributed by atoms with Crippen LogP contribution in [-0.4, -0.2) is 61.8 Å². The SMILES string of the molecule is N#Cc1nc(C(=O)NC2(CC(=O)O)CCN(C(=O)O)CC2)c(O)c2ccc(Oc3ccccc3)cc12. The van der Waals surface area contributed by atoms with Gasteiger partial charge >= 0.3 is 12.1 Å². The summed E-state index contributed by atoms with van der Waals surface area (Å²) >= 11 is 0. The maximum atomic E-state index is 13.2. The number of nitrogens with one attached hydrogen (secondary N) is 1. The van der Waals surface area contributed by atoms with Gasteiger partial charge < -0.3 is 30.3 Å². The molecule has 4 N–H and O–H groups in total. The number of carboxylic acid groups (broad SMARTS) is 2. The third-order valence-corrected chi connectivity index (χ3v) is 6.11. The molecule has 1 aliphatic rings. The molecule has 2 heterocycles. The first-order chi connectivity index (χ1) is 17.2. The predicted octanol–water partition coefficient (Wildman–Crippen LogP) is 3.32. The Labute approximate surface area is 205 Å². The third kappa shape index (κ3) is 4.97. The van der Waals surface area contributed by atoms with Crippen molar-refractivity contribution >= 4 is 28.7 Å². The van der Waals surface area contributed by atoms with Gasteiger partial charge in [-0.05, 0) is 43.2 Å². The number of aromatic hydroxyl groups is 1. The average Bonchev–Trinajstić information content (AvgIpc) is 2.84. The number of fused-ring (bicyclic) bond motifs is 1. The minimum atomic E-state index is -1.24. The number of likely N-dealkylation sites (tertiary alicyclic amines) is 1. The molecule has 0 atom stereocenters. The quantitative estimate of drug-likeness (QED) is 0.404. The lowest BCUT2D eigenvalue weighted by Gasteiger charge is -2.40. The van der Waals surface area contributed by atoms with Crippen molar-refractivity contribution in [2.45, 2.75) is 24.8 Å². The zero-order chi connectivity index (χ0) is 25.9. The van der Waals surface area contributed by atoms with E-state index in [1.165, 1.54) is 12.1 Å². The van der Waals surface area contributed by atoms with Crippen LogP contribution in [0.15, 0.2) is 48.5 Å². The van der Waals surface area contributed by atoms with Gasteiger partial charge in [0.1, 0.15) is 23.3 Å². The van der Waals surface area contributed by atoms with Crippen molar-refractivity contribution in [3.8, 4) is 23.3 Å². The first kappa shape index (κ1) is 24.3. The van der Waals surface area contributed by atoms with Crippen molar-refractivity contribution in [3.63, 3.8) is 0 Å². The molecule has 1 aromatic heterocycles. The van der Waals surface area contributed by atoms with Crippen LogP contribution >= 0.6 is 0 Å². The number of ether oxygens (including phenoxy) is 1. The summed E-state index contributed by atoms with van der Waals surface area (Å²) in [5.74, 6) is -1.53. The predicted molar refractivity (Wildman–Crippen MR) is 126 cm³/mol. The molecule has 2 amide bonds. The number of nitrogens with zero attached hydrogens (tertiary/aromatic N) is 3. The highest BCUT2D eigenvalue weighted by Gasteiger charge is 2.40. The molecule has 184 valence electrons. The van der Waals surface area contributed by atoms with E-state index in [0.717, 1.165) is 4.90 Å². The molecule has 11 nitrogen and oxygen atoms in total. The van der Waals surface area contributed by atoms with Crippen LogP contribution in [0.5, 0.6) is 17.2 Å². The number of carbonyl (C=O) groups is 3. The van der Waals surface area contributed by atoms with Crippen molar-refractivity contribution in [1.29, 1.82) is 5.26 Å². The Bertz CT molecular complexity index is 1380. The number of nitriles is 1. The number of carboxylic acids is 1. The molecule has 3 aromatic rings. The Hall–Kier alpha value is -4.85. The second-order valence-corrected chi connectivity index (χ2v) is 8.47. The van der Waals surface area contributed by atoms with Crippen molar-refractivity contribution < 1.29 is 34.4 Å². The standard InChI is InChI=1S/C25H22N4O7/c26-14-19-18-12-16(36-15-4-2-1-3-5-15)6-7-17(18)22(32)21(27-19)23(33)28-25(13-20(30)31)8-10-29(11-9-25)24(34)35/h1-7,12,32H,8-11,13H2,(H,28,33)(H,30,31)(H,34,35). The zero-order valence-electron chi connectivity index (χ0n) is 19.0. The largest absolute Gasteiger partial charge is 0.505 e. The zero-order valence-corrected chi connectivity index (χ0v) is 19.0. The van der Waals surface area contributed by atoms with E-state index in [1.54, 1.807) is 30.3 Å². The number of hydrogen-bond donors (Lipinski definition) is 4. The number of para-hydroxylation sites is 1. The van der Waals surface area contributed by atoms with Gasteiger partial charge in [0.05, 0.1) is 12.0 Å². The van der Waals surface area contributed by atoms with Gasteiger partial charge in [0.2, 0.25) is 0 Å². The number of pyridine rings is 1. The Morgan fingerprint density at radius 1 is 1.06 bits per heavy atom. The summed E-state index contributed by atoms with van der Waals surface area (Å²) in [6, 6.07) is 15.5. The molecule has 36 heavy (non-hydrogen) atoms. The fourth-order valence-electron chi connectivity index (χ4n) is 4.27. The molecule has 0 spiro atoms. The second-order valence-electron chi connectivity index (χ2n) is 8.47. The van der Waals surface area contributed by atoms with Gasteiger partial charge in [-0.15, -0.1) is 0 Å². The van der Waals surface area contributed by atoms with Crippen LogP contribution in [0.25, 0.3) is 10.8 Å². The third-order valence-electron chi connectivity index (χ3n) is 6.11. The molecular weight excluding hydrogens is 468 g/mol. The van der Waals surface area contributed by atoms with Gasteiger partial charge in [-0.25, -0.2) is 9.78 Å². The molecule has 1 aliphatic heterocycles. The Morgan fingerprint density at radius 2 is 1.75 bits per heavy atom. The lowest BCUT2D eigenvalue weighted by Crippen LogP contribution is -2.57. The Kier molecular flexibility index (Phi) is 6.60. The monoisotopic (exact) mass is 490 g/mol. The molecule has 0 saturated carbocycles. The Morgan fingerprint density at radius 3 is 2.36 bits per heavy atom. The number of benzene rings is 2. The van der Waals surface area contributed by atoms with Crippen molar-refractivity contribution in [2.24, 2.45) is 0 Å². The molecule has 4 rings (SSSR count). The summed E-state index contributed by atoms with van der Waals surface area (Å²) in [6.07, 6.45) is -1.44. The van der Waals surface area contributed by atoms with Gasteiger partial charge in [-0.3, -0.25) is 9.59 Å². The lowest BCUT2D eigenvalue weighted by molar-refractivity contribution is -0.139. The molecule has 1 fully saturated rings. The van der Waals surface area contributed by atoms with E-state index in [4.69, 9.17) is 4.74 Å². The van der Waals surface area contributed by atoms with Crippen molar-refractivity contribution in [2.75, 3.05) is 13.1 Å². The smallest absolute Gasteiger partial charge is 0.407 e. The molecule has 0 unspecified atom stereocenters. The van der Waals surface area contributed by atoms with E-state index in [2.05, 4.69) is 10.3 Å². The summed E-state index contributed by atoms with van der Waals surface area (Å²) in [7, 11) is 0. The summed E-state index contributed by atoms with van der Waals surface area (Å²) in [6.45, 7) is 0.0708. The van der Waals surface area contributed by atoms with Gasteiger partial charge in [0.15, 0.2) is 11.4 Å². The van der Waals surface area contributed by atoms with Crippen LogP contribution < -0.4 is 10.1 Å². The molecule has 1 saturated heterocycles. The topological polar surface area (TPSA) is 173 Å². The average molecular weight is 490 g/mol. The molecular formula is C25H22N4O7. The van der Waals surface area contributed by atoms with Crippen molar-refractivity contribution in [1.82, 2.24) is 15.2 Å². The maximum absolute atomic E-state index is 13.2. The number of hydrogen-bond acceptors (Lipinski definition) is 7. The number of amides is 2. The normalized spacial score (nSPS) is 14.6. The molecule has 11 heteroatoms. The van der Waals surface area contributed by atoms with Gasteiger partial charge in [-0.1, -0.05) is 18.2 Å². The minimum absolute atomic E-state index is 0.0354. The van der Waals surface area contributed by atoms with Gasteiger partial charge in [0.25, 0.3) is 5.91 Å². The molecule has 0 bridgehead atoms. The van der Waals surface area contributed by atoms with E-state index in [0.29, 0.717) is 11.5 Å². The minimum Gasteiger partial charge on any atom is -0.505 e. The maximum Gasteiger partial charge on any atom is 0.407 e. The number of aliphatic carboxylic acids is 1. The van der Waals surface area contributed by atoms with Crippen LogP contribution in [0.3, 0.4) is 0 Å². The van der Waals surface area contributed by atoms with Gasteiger partial charge in [0, 0.05) is 23.9 Å². The first-order valence-corrected chi connectivity index (χ1v) is 11.0. The first-order valence-electron chi connectivity index (χ1n) is 11.0. The van der Waals surface area contributed by atoms with Crippen LogP contribution in [0.2, 0.25) is 0 Å². The van der Waals surface area contributed by atoms with E-state index in [9.17, 15) is 35.0 Å². The lowest BCUT2D eigenvalue weighted by atomic mass is 9.84. The fraction of sp³-hybridized carbons (Fsp3) is 0.240. The van der Waals surface area contributed by atoms with Gasteiger partial charge in [-0.2, -0.15) is 5.26 Å². The second kappa shape index (κ2) is 9.79. The van der Waals surface area contributed by atoms with E-state index in [1.807, 2.05) is 12.1 Å². The van der Waals surface area contributed by atoms with Crippen LogP contribution in [-0.2, 0) is 4.79 Å². The van der Waals surface area contributed by atoms with E-state index in [-0.39, 0.29) is 42.4 Å². The summed E-state index contributed by atoms with van der Waals surface area (Å²) in [5.41, 5.74) is -1.79. The van der Waals surface area contributed by atoms with E-state index >= 15 is 0 Å². The molecule has 2 aromatic carbocycles. The summed E-state index contributed by atoms with van der Waals surface area (Å²) in [5, 5.41) is 42.2. The number of piperidine rings is 1. The van der Waals surface area contributed by atoms with Crippen LogP contribution in [0.1, 0.15) is 35.4 Å². The fourth-order valence-corrected chi connectivity index (χ4v) is 4.27. The van der Waals surface area contributed by atoms with E-state index < -0.39 is 41.4 Å². The number of aromatic nitrogens is 1. The number of carbonyl (C=O) groups excluding carboxylic acids is 1.